The highest BCUT2D eigenvalue weighted by Gasteiger charge is 2.13. The Hall–Kier alpha value is -1.66. The number of nitrogens with zero attached hydrogens (tertiary/aromatic N) is 2. The van der Waals surface area contributed by atoms with Crippen molar-refractivity contribution in [2.45, 2.75) is 20.3 Å². The van der Waals surface area contributed by atoms with Crippen LogP contribution in [0.25, 0.3) is 0 Å². The van der Waals surface area contributed by atoms with Crippen LogP contribution in [0, 0.1) is 11.7 Å². The molecule has 1 saturated heterocycles. The van der Waals surface area contributed by atoms with Crippen molar-refractivity contribution in [3.63, 3.8) is 0 Å². The van der Waals surface area contributed by atoms with Crippen LogP contribution in [0.4, 0.5) is 4.39 Å². The van der Waals surface area contributed by atoms with Crippen molar-refractivity contribution in [3.8, 4) is 0 Å². The van der Waals surface area contributed by atoms with Crippen molar-refractivity contribution < 1.29 is 9.13 Å². The molecule has 0 spiro atoms. The van der Waals surface area contributed by atoms with E-state index in [0.717, 1.165) is 57.5 Å². The number of aliphatic imine (C=N–C) groups is 1. The smallest absolute Gasteiger partial charge is 0.191 e. The number of rotatable bonds is 8. The molecule has 1 atom stereocenters. The van der Waals surface area contributed by atoms with Crippen LogP contribution in [-0.4, -0.2) is 63.3 Å². The summed E-state index contributed by atoms with van der Waals surface area (Å²) in [5.41, 5.74) is 0.728. The Morgan fingerprint density at radius 2 is 2.04 bits per heavy atom. The Kier molecular flexibility index (Phi) is 8.69. The fourth-order valence-corrected chi connectivity index (χ4v) is 2.89. The Morgan fingerprint density at radius 3 is 2.76 bits per heavy atom. The predicted octanol–water partition coefficient (Wildman–Crippen LogP) is 1.89. The minimum absolute atomic E-state index is 0.148. The zero-order valence-corrected chi connectivity index (χ0v) is 15.4. The lowest BCUT2D eigenvalue weighted by Crippen LogP contribution is -2.40. The van der Waals surface area contributed by atoms with E-state index < -0.39 is 0 Å². The van der Waals surface area contributed by atoms with Crippen molar-refractivity contribution in [1.29, 1.82) is 0 Å². The third-order valence-corrected chi connectivity index (χ3v) is 4.22. The number of hydrogen-bond acceptors (Lipinski definition) is 3. The maximum absolute atomic E-state index is 13.7. The van der Waals surface area contributed by atoms with E-state index in [4.69, 9.17) is 4.74 Å². The van der Waals surface area contributed by atoms with Crippen LogP contribution in [0.2, 0.25) is 0 Å². The van der Waals surface area contributed by atoms with Crippen molar-refractivity contribution in [1.82, 2.24) is 15.5 Å². The minimum Gasteiger partial charge on any atom is -0.379 e. The van der Waals surface area contributed by atoms with Crippen molar-refractivity contribution >= 4 is 5.96 Å². The first-order valence-corrected chi connectivity index (χ1v) is 9.24. The number of morpholine rings is 1. The molecular formula is C19H31FN4O. The van der Waals surface area contributed by atoms with Gasteiger partial charge in [0.2, 0.25) is 0 Å². The van der Waals surface area contributed by atoms with E-state index in [1.165, 1.54) is 6.07 Å². The van der Waals surface area contributed by atoms with E-state index in [1.54, 1.807) is 6.07 Å². The molecule has 1 aromatic rings. The number of nitrogens with one attached hydrogen (secondary N) is 2. The number of benzene rings is 1. The van der Waals surface area contributed by atoms with Gasteiger partial charge in [0, 0.05) is 39.3 Å². The summed E-state index contributed by atoms with van der Waals surface area (Å²) >= 11 is 0. The van der Waals surface area contributed by atoms with E-state index in [0.29, 0.717) is 18.9 Å². The normalized spacial score (nSPS) is 17.3. The molecule has 1 aliphatic rings. The highest BCUT2D eigenvalue weighted by atomic mass is 19.1. The Morgan fingerprint density at radius 1 is 1.28 bits per heavy atom. The van der Waals surface area contributed by atoms with Gasteiger partial charge >= 0.3 is 0 Å². The first-order valence-electron chi connectivity index (χ1n) is 9.24. The van der Waals surface area contributed by atoms with Gasteiger partial charge in [-0.3, -0.25) is 9.89 Å². The molecule has 6 heteroatoms. The van der Waals surface area contributed by atoms with Gasteiger partial charge in [-0.25, -0.2) is 4.39 Å². The minimum atomic E-state index is -0.148. The highest BCUT2D eigenvalue weighted by molar-refractivity contribution is 5.79. The van der Waals surface area contributed by atoms with Crippen LogP contribution in [-0.2, 0) is 11.2 Å². The number of halogens is 1. The zero-order chi connectivity index (χ0) is 17.9. The molecule has 0 bridgehead atoms. The van der Waals surface area contributed by atoms with Gasteiger partial charge < -0.3 is 15.4 Å². The molecule has 25 heavy (non-hydrogen) atoms. The first-order chi connectivity index (χ1) is 12.2. The van der Waals surface area contributed by atoms with Gasteiger partial charge in [0.25, 0.3) is 0 Å². The lowest BCUT2D eigenvalue weighted by molar-refractivity contribution is 0.0323. The molecule has 2 rings (SSSR count). The quantitative estimate of drug-likeness (QED) is 0.555. The summed E-state index contributed by atoms with van der Waals surface area (Å²) in [6.07, 6.45) is 0.639. The molecule has 0 saturated carbocycles. The van der Waals surface area contributed by atoms with Crippen LogP contribution >= 0.6 is 0 Å². The van der Waals surface area contributed by atoms with Gasteiger partial charge in [0.05, 0.1) is 13.2 Å². The molecule has 2 N–H and O–H groups in total. The van der Waals surface area contributed by atoms with E-state index in [-0.39, 0.29) is 5.82 Å². The van der Waals surface area contributed by atoms with Crippen LogP contribution < -0.4 is 10.6 Å². The maximum Gasteiger partial charge on any atom is 0.191 e. The second-order valence-electron chi connectivity index (χ2n) is 6.51. The summed E-state index contributed by atoms with van der Waals surface area (Å²) in [7, 11) is 0. The molecule has 0 aliphatic carbocycles. The molecule has 1 heterocycles. The summed E-state index contributed by atoms with van der Waals surface area (Å²) in [4.78, 5) is 7.11. The number of guanidine groups is 1. The molecule has 5 nitrogen and oxygen atoms in total. The molecule has 1 aromatic carbocycles. The van der Waals surface area contributed by atoms with Crippen LogP contribution in [0.1, 0.15) is 19.4 Å². The molecule has 1 fully saturated rings. The van der Waals surface area contributed by atoms with Gasteiger partial charge in [0.15, 0.2) is 5.96 Å². The lowest BCUT2D eigenvalue weighted by atomic mass is 10.1. The van der Waals surface area contributed by atoms with E-state index in [2.05, 4.69) is 27.4 Å². The van der Waals surface area contributed by atoms with E-state index in [1.807, 2.05) is 19.1 Å². The van der Waals surface area contributed by atoms with Gasteiger partial charge in [-0.1, -0.05) is 25.1 Å². The molecule has 0 radical (unpaired) electrons. The van der Waals surface area contributed by atoms with Crippen molar-refractivity contribution in [2.24, 2.45) is 10.9 Å². The lowest BCUT2D eigenvalue weighted by Gasteiger charge is -2.28. The van der Waals surface area contributed by atoms with E-state index in [9.17, 15) is 4.39 Å². The summed E-state index contributed by atoms with van der Waals surface area (Å²) in [5.74, 6) is 1.14. The van der Waals surface area contributed by atoms with E-state index >= 15 is 0 Å². The third kappa shape index (κ3) is 7.40. The second-order valence-corrected chi connectivity index (χ2v) is 6.51. The van der Waals surface area contributed by atoms with Crippen LogP contribution in [0.3, 0.4) is 0 Å². The van der Waals surface area contributed by atoms with Gasteiger partial charge in [-0.15, -0.1) is 0 Å². The highest BCUT2D eigenvalue weighted by Crippen LogP contribution is 2.06. The third-order valence-electron chi connectivity index (χ3n) is 4.22. The summed E-state index contributed by atoms with van der Waals surface area (Å²) in [6.45, 7) is 11.2. The standard InChI is InChI=1S/C19H31FN4O/c1-3-21-19(22-9-8-17-6-4-5-7-18(17)20)23-14-16(2)15-24-10-12-25-13-11-24/h4-7,16H,3,8-15H2,1-2H3,(H2,21,22,23). The first kappa shape index (κ1) is 19.7. The molecule has 1 unspecified atom stereocenters. The molecular weight excluding hydrogens is 319 g/mol. The maximum atomic E-state index is 13.7. The van der Waals surface area contributed by atoms with Gasteiger partial charge in [0.1, 0.15) is 5.82 Å². The topological polar surface area (TPSA) is 48.9 Å². The Labute approximate surface area is 150 Å². The Balaban J connectivity index is 1.75. The van der Waals surface area contributed by atoms with Crippen LogP contribution in [0.5, 0.6) is 0 Å². The molecule has 1 aliphatic heterocycles. The number of ether oxygens (including phenoxy) is 1. The Bertz CT molecular complexity index is 532. The average molecular weight is 350 g/mol. The van der Waals surface area contributed by atoms with Gasteiger partial charge in [-0.05, 0) is 30.9 Å². The summed E-state index contributed by atoms with van der Waals surface area (Å²) in [5, 5.41) is 6.55. The fourth-order valence-electron chi connectivity index (χ4n) is 2.89. The monoisotopic (exact) mass is 350 g/mol. The van der Waals surface area contributed by atoms with Crippen LogP contribution in [0.15, 0.2) is 29.3 Å². The summed E-state index contributed by atoms with van der Waals surface area (Å²) < 4.78 is 19.0. The van der Waals surface area contributed by atoms with Crippen molar-refractivity contribution in [2.75, 3.05) is 52.5 Å². The fraction of sp³-hybridized carbons (Fsp3) is 0.632. The summed E-state index contributed by atoms with van der Waals surface area (Å²) in [6, 6.07) is 6.91. The van der Waals surface area contributed by atoms with Crippen molar-refractivity contribution in [3.05, 3.63) is 35.6 Å². The molecule has 140 valence electrons. The molecule has 0 amide bonds. The zero-order valence-electron chi connectivity index (χ0n) is 15.4. The molecule has 0 aromatic heterocycles. The number of hydrogen-bond donors (Lipinski definition) is 2. The largest absolute Gasteiger partial charge is 0.379 e. The average Bonchev–Trinajstić information content (AvgIpc) is 2.62. The predicted molar refractivity (Wildman–Crippen MR) is 101 cm³/mol. The van der Waals surface area contributed by atoms with Gasteiger partial charge in [-0.2, -0.15) is 0 Å². The SMILES string of the molecule is CCNC(=NCC(C)CN1CCOCC1)NCCc1ccccc1F. The second kappa shape index (κ2) is 11.1.